The number of imide groups is 1. The molecule has 1 fully saturated rings. The lowest BCUT2D eigenvalue weighted by molar-refractivity contribution is -0.115. The first-order valence-corrected chi connectivity index (χ1v) is 7.40. The molecule has 0 bridgehead atoms. The number of carbonyl (C=O) groups is 3. The standard InChI is InChI=1S/C18H14N2O5/c21-16-15(19-18(24)20-16)9-11-3-7-14(8-4-11)25-10-12-1-5-13(6-2-12)17(22)23/h1-9H,10H2,(H,22,23)(H2,19,20,21,24). The second kappa shape index (κ2) is 6.88. The second-order valence-corrected chi connectivity index (χ2v) is 5.33. The number of hydrogen-bond acceptors (Lipinski definition) is 4. The van der Waals surface area contributed by atoms with Gasteiger partial charge in [0.05, 0.1) is 5.56 Å². The molecule has 1 saturated heterocycles. The Morgan fingerprint density at radius 1 is 1.00 bits per heavy atom. The van der Waals surface area contributed by atoms with Gasteiger partial charge in [-0.05, 0) is 41.5 Å². The van der Waals surface area contributed by atoms with Crippen molar-refractivity contribution >= 4 is 24.0 Å². The molecule has 1 aliphatic rings. The summed E-state index contributed by atoms with van der Waals surface area (Å²) in [6, 6.07) is 12.9. The Balaban J connectivity index is 1.61. The van der Waals surface area contributed by atoms with Gasteiger partial charge in [-0.25, -0.2) is 9.59 Å². The molecule has 7 heteroatoms. The lowest BCUT2D eigenvalue weighted by Gasteiger charge is -2.07. The van der Waals surface area contributed by atoms with Crippen LogP contribution in [0.15, 0.2) is 54.2 Å². The van der Waals surface area contributed by atoms with Crippen LogP contribution in [0.2, 0.25) is 0 Å². The molecule has 0 aromatic heterocycles. The zero-order chi connectivity index (χ0) is 17.8. The van der Waals surface area contributed by atoms with E-state index in [4.69, 9.17) is 9.84 Å². The maximum absolute atomic E-state index is 11.5. The van der Waals surface area contributed by atoms with Crippen molar-refractivity contribution in [2.24, 2.45) is 0 Å². The van der Waals surface area contributed by atoms with Crippen LogP contribution >= 0.6 is 0 Å². The van der Waals surface area contributed by atoms with Crippen molar-refractivity contribution in [3.05, 3.63) is 70.9 Å². The van der Waals surface area contributed by atoms with E-state index in [1.54, 1.807) is 42.5 Å². The van der Waals surface area contributed by atoms with Crippen LogP contribution in [0.5, 0.6) is 5.75 Å². The minimum atomic E-state index is -0.968. The molecular weight excluding hydrogens is 324 g/mol. The topological polar surface area (TPSA) is 105 Å². The maximum atomic E-state index is 11.5. The zero-order valence-electron chi connectivity index (χ0n) is 13.0. The average molecular weight is 338 g/mol. The highest BCUT2D eigenvalue weighted by Gasteiger charge is 2.22. The van der Waals surface area contributed by atoms with Crippen molar-refractivity contribution in [2.45, 2.75) is 6.61 Å². The summed E-state index contributed by atoms with van der Waals surface area (Å²) in [6.07, 6.45) is 1.56. The third-order valence-corrected chi connectivity index (χ3v) is 3.52. The van der Waals surface area contributed by atoms with Crippen LogP contribution < -0.4 is 15.4 Å². The Kier molecular flexibility index (Phi) is 4.47. The van der Waals surface area contributed by atoms with Gasteiger partial charge in [0, 0.05) is 0 Å². The summed E-state index contributed by atoms with van der Waals surface area (Å²) in [7, 11) is 0. The van der Waals surface area contributed by atoms with Gasteiger partial charge in [-0.1, -0.05) is 24.3 Å². The fourth-order valence-electron chi connectivity index (χ4n) is 2.22. The van der Waals surface area contributed by atoms with Crippen LogP contribution in [-0.2, 0) is 11.4 Å². The third kappa shape index (κ3) is 4.03. The van der Waals surface area contributed by atoms with Gasteiger partial charge in [0.25, 0.3) is 5.91 Å². The highest BCUT2D eigenvalue weighted by atomic mass is 16.5. The second-order valence-electron chi connectivity index (χ2n) is 5.33. The normalized spacial score (nSPS) is 15.0. The molecule has 1 aliphatic heterocycles. The van der Waals surface area contributed by atoms with Gasteiger partial charge in [-0.15, -0.1) is 0 Å². The van der Waals surface area contributed by atoms with Gasteiger partial charge >= 0.3 is 12.0 Å². The molecular formula is C18H14N2O5. The van der Waals surface area contributed by atoms with Crippen LogP contribution in [0, 0.1) is 0 Å². The maximum Gasteiger partial charge on any atom is 0.335 e. The average Bonchev–Trinajstić information content (AvgIpc) is 2.92. The van der Waals surface area contributed by atoms with E-state index in [-0.39, 0.29) is 11.3 Å². The molecule has 0 spiro atoms. The summed E-state index contributed by atoms with van der Waals surface area (Å²) >= 11 is 0. The predicted octanol–water partition coefficient (Wildman–Crippen LogP) is 2.14. The summed E-state index contributed by atoms with van der Waals surface area (Å²) in [5.74, 6) is -0.802. The monoisotopic (exact) mass is 338 g/mol. The zero-order valence-corrected chi connectivity index (χ0v) is 13.0. The molecule has 0 radical (unpaired) electrons. The van der Waals surface area contributed by atoms with Crippen LogP contribution in [0.25, 0.3) is 6.08 Å². The van der Waals surface area contributed by atoms with Crippen LogP contribution in [0.3, 0.4) is 0 Å². The molecule has 3 amide bonds. The van der Waals surface area contributed by atoms with Gasteiger partial charge < -0.3 is 15.2 Å². The van der Waals surface area contributed by atoms with Gasteiger partial charge in [0.15, 0.2) is 0 Å². The number of carboxylic acids is 1. The molecule has 0 atom stereocenters. The Labute approximate surface area is 142 Å². The number of urea groups is 1. The molecule has 3 N–H and O–H groups in total. The number of aromatic carboxylic acids is 1. The molecule has 1 heterocycles. The molecule has 126 valence electrons. The largest absolute Gasteiger partial charge is 0.489 e. The minimum absolute atomic E-state index is 0.192. The van der Waals surface area contributed by atoms with E-state index < -0.39 is 17.9 Å². The number of ether oxygens (including phenoxy) is 1. The molecule has 0 aliphatic carbocycles. The first kappa shape index (κ1) is 16.3. The van der Waals surface area contributed by atoms with E-state index in [2.05, 4.69) is 10.6 Å². The number of carbonyl (C=O) groups excluding carboxylic acids is 2. The summed E-state index contributed by atoms with van der Waals surface area (Å²) in [4.78, 5) is 33.3. The number of amides is 3. The Morgan fingerprint density at radius 3 is 2.24 bits per heavy atom. The van der Waals surface area contributed by atoms with Crippen LogP contribution in [-0.4, -0.2) is 23.0 Å². The van der Waals surface area contributed by atoms with Gasteiger partial charge in [0.1, 0.15) is 18.1 Å². The predicted molar refractivity (Wildman–Crippen MR) is 88.8 cm³/mol. The van der Waals surface area contributed by atoms with E-state index in [0.717, 1.165) is 11.1 Å². The fourth-order valence-corrected chi connectivity index (χ4v) is 2.22. The lowest BCUT2D eigenvalue weighted by Crippen LogP contribution is -2.22. The SMILES string of the molecule is O=C1NC(=O)C(=Cc2ccc(OCc3ccc(C(=O)O)cc3)cc2)N1. The molecule has 0 unspecified atom stereocenters. The summed E-state index contributed by atoms with van der Waals surface area (Å²) in [5, 5.41) is 13.4. The highest BCUT2D eigenvalue weighted by molar-refractivity contribution is 6.13. The molecule has 3 rings (SSSR count). The van der Waals surface area contributed by atoms with Gasteiger partial charge in [-0.2, -0.15) is 0 Å². The van der Waals surface area contributed by atoms with Crippen LogP contribution in [0.1, 0.15) is 21.5 Å². The number of hydrogen-bond donors (Lipinski definition) is 3. The molecule has 0 saturated carbocycles. The van der Waals surface area contributed by atoms with Crippen molar-refractivity contribution in [1.82, 2.24) is 10.6 Å². The first-order valence-electron chi connectivity index (χ1n) is 7.40. The Morgan fingerprint density at radius 2 is 1.68 bits per heavy atom. The van der Waals surface area contributed by atoms with Gasteiger partial charge in [0.2, 0.25) is 0 Å². The number of carboxylic acid groups (broad SMARTS) is 1. The minimum Gasteiger partial charge on any atom is -0.489 e. The smallest absolute Gasteiger partial charge is 0.335 e. The van der Waals surface area contributed by atoms with Crippen molar-refractivity contribution in [3.8, 4) is 5.75 Å². The molecule has 2 aromatic rings. The van der Waals surface area contributed by atoms with E-state index in [9.17, 15) is 14.4 Å². The third-order valence-electron chi connectivity index (χ3n) is 3.52. The summed E-state index contributed by atoms with van der Waals surface area (Å²) in [6.45, 7) is 0.304. The Bertz CT molecular complexity index is 854. The fraction of sp³-hybridized carbons (Fsp3) is 0.0556. The van der Waals surface area contributed by atoms with E-state index in [1.807, 2.05) is 0 Å². The van der Waals surface area contributed by atoms with Crippen molar-refractivity contribution < 1.29 is 24.2 Å². The molecule has 7 nitrogen and oxygen atoms in total. The van der Waals surface area contributed by atoms with Gasteiger partial charge in [-0.3, -0.25) is 10.1 Å². The number of nitrogens with one attached hydrogen (secondary N) is 2. The van der Waals surface area contributed by atoms with E-state index in [0.29, 0.717) is 12.4 Å². The molecule has 2 aromatic carbocycles. The van der Waals surface area contributed by atoms with E-state index >= 15 is 0 Å². The van der Waals surface area contributed by atoms with Crippen molar-refractivity contribution in [1.29, 1.82) is 0 Å². The van der Waals surface area contributed by atoms with Crippen LogP contribution in [0.4, 0.5) is 4.79 Å². The lowest BCUT2D eigenvalue weighted by atomic mass is 10.1. The Hall–Kier alpha value is -3.61. The van der Waals surface area contributed by atoms with Crippen molar-refractivity contribution in [2.75, 3.05) is 0 Å². The summed E-state index contributed by atoms with van der Waals surface area (Å²) < 4.78 is 5.64. The number of benzene rings is 2. The quantitative estimate of drug-likeness (QED) is 0.572. The summed E-state index contributed by atoms with van der Waals surface area (Å²) in [5.41, 5.74) is 2.01. The highest BCUT2D eigenvalue weighted by Crippen LogP contribution is 2.16. The molecule has 25 heavy (non-hydrogen) atoms. The van der Waals surface area contributed by atoms with E-state index in [1.165, 1.54) is 12.1 Å². The van der Waals surface area contributed by atoms with Crippen molar-refractivity contribution in [3.63, 3.8) is 0 Å². The number of rotatable bonds is 5. The first-order chi connectivity index (χ1) is 12.0.